The Balaban J connectivity index is 1.47. The summed E-state index contributed by atoms with van der Waals surface area (Å²) in [7, 11) is -0.174. The van der Waals surface area contributed by atoms with Crippen LogP contribution in [-0.4, -0.2) is 47.3 Å². The van der Waals surface area contributed by atoms with E-state index >= 15 is 0 Å². The number of hydrogen-bond donors (Lipinski definition) is 1. The molecule has 0 radical (unpaired) electrons. The highest BCUT2D eigenvalue weighted by Crippen LogP contribution is 2.42. The average molecular weight is 345 g/mol. The number of nitrogens with one attached hydrogen (secondary N) is 1. The van der Waals surface area contributed by atoms with Crippen molar-refractivity contribution >= 4 is 13.1 Å². The summed E-state index contributed by atoms with van der Waals surface area (Å²) < 4.78 is 12.3. The van der Waals surface area contributed by atoms with Crippen molar-refractivity contribution in [2.75, 3.05) is 13.1 Å². The van der Waals surface area contributed by atoms with Gasteiger partial charge in [-0.1, -0.05) is 0 Å². The molecule has 0 unspecified atom stereocenters. The molecular formula is C18H28BN3O3. The van der Waals surface area contributed by atoms with Gasteiger partial charge in [-0.15, -0.1) is 0 Å². The molecule has 1 N–H and O–H groups in total. The molecule has 25 heavy (non-hydrogen) atoms. The summed E-state index contributed by atoms with van der Waals surface area (Å²) in [4.78, 5) is 18.2. The molecule has 0 atom stereocenters. The molecule has 3 rings (SSSR count). The van der Waals surface area contributed by atoms with Crippen molar-refractivity contribution in [3.05, 3.63) is 30.1 Å². The summed E-state index contributed by atoms with van der Waals surface area (Å²) in [5.41, 5.74) is 0.461. The van der Waals surface area contributed by atoms with Crippen LogP contribution < -0.4 is 5.32 Å². The Morgan fingerprint density at radius 1 is 1.20 bits per heavy atom. The highest BCUT2D eigenvalue weighted by molar-refractivity contribution is 6.47. The normalized spacial score (nSPS) is 22.9. The van der Waals surface area contributed by atoms with E-state index in [-0.39, 0.29) is 24.4 Å². The van der Waals surface area contributed by atoms with E-state index in [0.717, 1.165) is 31.5 Å². The summed E-state index contributed by atoms with van der Waals surface area (Å²) in [5, 5.41) is 2.98. The van der Waals surface area contributed by atoms with Crippen LogP contribution in [0.5, 0.6) is 0 Å². The molecule has 0 aromatic carbocycles. The van der Waals surface area contributed by atoms with Crippen molar-refractivity contribution in [1.82, 2.24) is 15.2 Å². The third kappa shape index (κ3) is 3.98. The van der Waals surface area contributed by atoms with Crippen molar-refractivity contribution in [3.8, 4) is 0 Å². The molecular weight excluding hydrogens is 317 g/mol. The van der Waals surface area contributed by atoms with Gasteiger partial charge in [0.2, 0.25) is 0 Å². The van der Waals surface area contributed by atoms with E-state index in [4.69, 9.17) is 9.31 Å². The number of piperidine rings is 1. The molecule has 2 aliphatic rings. The van der Waals surface area contributed by atoms with Crippen LogP contribution in [-0.2, 0) is 15.9 Å². The molecule has 136 valence electrons. The van der Waals surface area contributed by atoms with E-state index in [9.17, 15) is 4.79 Å². The van der Waals surface area contributed by atoms with Crippen LogP contribution in [0.2, 0.25) is 5.82 Å². The Hall–Kier alpha value is -1.60. The molecule has 1 aromatic heterocycles. The van der Waals surface area contributed by atoms with Gasteiger partial charge in [-0.25, -0.2) is 4.79 Å². The van der Waals surface area contributed by atoms with Crippen molar-refractivity contribution in [1.29, 1.82) is 0 Å². The predicted octanol–water partition coefficient (Wildman–Crippen LogP) is 2.85. The second kappa shape index (κ2) is 6.96. The Bertz CT molecular complexity index is 585. The fourth-order valence-electron chi connectivity index (χ4n) is 3.25. The van der Waals surface area contributed by atoms with Gasteiger partial charge in [0.25, 0.3) is 0 Å². The lowest BCUT2D eigenvalue weighted by molar-refractivity contribution is 0.00578. The van der Waals surface area contributed by atoms with Gasteiger partial charge in [0, 0.05) is 32.0 Å². The van der Waals surface area contributed by atoms with Crippen molar-refractivity contribution in [2.45, 2.75) is 64.1 Å². The molecule has 0 saturated carbocycles. The number of aromatic nitrogens is 1. The Labute approximate surface area is 150 Å². The zero-order valence-electron chi connectivity index (χ0n) is 15.6. The highest BCUT2D eigenvalue weighted by Gasteiger charge is 2.53. The first-order chi connectivity index (χ1) is 11.8. The Kier molecular flexibility index (Phi) is 5.07. The minimum Gasteiger partial charge on any atom is -0.403 e. The number of amides is 2. The van der Waals surface area contributed by atoms with Crippen LogP contribution in [0, 0.1) is 0 Å². The van der Waals surface area contributed by atoms with Gasteiger partial charge < -0.3 is 19.5 Å². The third-order valence-corrected chi connectivity index (χ3v) is 5.68. The SMILES string of the molecule is CC1(C)OB(C2CCN(C(=O)NCc3ccncc3)CC2)OC1(C)C. The number of rotatable bonds is 3. The summed E-state index contributed by atoms with van der Waals surface area (Å²) in [5.74, 6) is 0.338. The third-order valence-electron chi connectivity index (χ3n) is 5.68. The lowest BCUT2D eigenvalue weighted by atomic mass is 9.67. The van der Waals surface area contributed by atoms with Gasteiger partial charge in [-0.2, -0.15) is 0 Å². The minimum atomic E-state index is -0.295. The van der Waals surface area contributed by atoms with Crippen LogP contribution in [0.25, 0.3) is 0 Å². The van der Waals surface area contributed by atoms with Gasteiger partial charge >= 0.3 is 13.1 Å². The molecule has 0 bridgehead atoms. The minimum absolute atomic E-state index is 0.0100. The van der Waals surface area contributed by atoms with Crippen molar-refractivity contribution in [3.63, 3.8) is 0 Å². The molecule has 3 heterocycles. The Morgan fingerprint density at radius 3 is 2.32 bits per heavy atom. The quantitative estimate of drug-likeness (QED) is 0.856. The van der Waals surface area contributed by atoms with Crippen LogP contribution in [0.3, 0.4) is 0 Å². The Morgan fingerprint density at radius 2 is 1.76 bits per heavy atom. The lowest BCUT2D eigenvalue weighted by Gasteiger charge is -2.32. The zero-order chi connectivity index (χ0) is 18.1. The van der Waals surface area contributed by atoms with E-state index in [2.05, 4.69) is 38.0 Å². The number of carbonyl (C=O) groups excluding carboxylic acids is 1. The maximum Gasteiger partial charge on any atom is 0.461 e. The van der Waals surface area contributed by atoms with E-state index in [1.807, 2.05) is 17.0 Å². The standard InChI is InChI=1S/C18H28BN3O3/c1-17(2)18(3,4)25-19(24-17)15-7-11-22(12-8-15)16(23)21-13-14-5-9-20-10-6-14/h5-6,9-10,15H,7-8,11-13H2,1-4H3,(H,21,23). The van der Waals surface area contributed by atoms with Gasteiger partial charge in [0.05, 0.1) is 11.2 Å². The monoisotopic (exact) mass is 345 g/mol. The van der Waals surface area contributed by atoms with Crippen LogP contribution in [0.4, 0.5) is 4.79 Å². The van der Waals surface area contributed by atoms with Gasteiger partial charge in [0.1, 0.15) is 0 Å². The maximum atomic E-state index is 12.3. The molecule has 2 amide bonds. The maximum absolute atomic E-state index is 12.3. The first-order valence-electron chi connectivity index (χ1n) is 9.06. The zero-order valence-corrected chi connectivity index (χ0v) is 15.6. The number of pyridine rings is 1. The lowest BCUT2D eigenvalue weighted by Crippen LogP contribution is -2.45. The topological polar surface area (TPSA) is 63.7 Å². The largest absolute Gasteiger partial charge is 0.461 e. The molecule has 2 fully saturated rings. The highest BCUT2D eigenvalue weighted by atomic mass is 16.7. The summed E-state index contributed by atoms with van der Waals surface area (Å²) in [6, 6.07) is 3.81. The first-order valence-corrected chi connectivity index (χ1v) is 9.06. The fourth-order valence-corrected chi connectivity index (χ4v) is 3.25. The smallest absolute Gasteiger partial charge is 0.403 e. The molecule has 1 aromatic rings. The average Bonchev–Trinajstić information content (AvgIpc) is 2.81. The molecule has 6 nitrogen and oxygen atoms in total. The van der Waals surface area contributed by atoms with Crippen LogP contribution in [0.1, 0.15) is 46.1 Å². The number of likely N-dealkylation sites (tertiary alicyclic amines) is 1. The summed E-state index contributed by atoms with van der Waals surface area (Å²) in [6.45, 7) is 10.3. The van der Waals surface area contributed by atoms with Crippen LogP contribution >= 0.6 is 0 Å². The molecule has 7 heteroatoms. The predicted molar refractivity (Wildman–Crippen MR) is 97.1 cm³/mol. The molecule has 2 aliphatic heterocycles. The number of carbonyl (C=O) groups is 1. The molecule has 2 saturated heterocycles. The number of urea groups is 1. The summed E-state index contributed by atoms with van der Waals surface area (Å²) in [6.07, 6.45) is 5.27. The number of hydrogen-bond acceptors (Lipinski definition) is 4. The summed E-state index contributed by atoms with van der Waals surface area (Å²) >= 11 is 0. The van der Waals surface area contributed by atoms with Gasteiger partial charge in [-0.05, 0) is 64.1 Å². The van der Waals surface area contributed by atoms with Crippen molar-refractivity contribution < 1.29 is 14.1 Å². The molecule has 0 spiro atoms. The second-order valence-electron chi connectivity index (χ2n) is 7.96. The van der Waals surface area contributed by atoms with Crippen LogP contribution in [0.15, 0.2) is 24.5 Å². The molecule has 0 aliphatic carbocycles. The second-order valence-corrected chi connectivity index (χ2v) is 7.96. The first kappa shape index (κ1) is 18.2. The van der Waals surface area contributed by atoms with Crippen molar-refractivity contribution in [2.24, 2.45) is 0 Å². The number of nitrogens with zero attached hydrogens (tertiary/aromatic N) is 2. The van der Waals surface area contributed by atoms with E-state index < -0.39 is 0 Å². The van der Waals surface area contributed by atoms with Gasteiger partial charge in [-0.3, -0.25) is 4.98 Å². The van der Waals surface area contributed by atoms with E-state index in [1.54, 1.807) is 12.4 Å². The fraction of sp³-hybridized carbons (Fsp3) is 0.667. The van der Waals surface area contributed by atoms with Gasteiger partial charge in [0.15, 0.2) is 0 Å². The van der Waals surface area contributed by atoms with E-state index in [1.165, 1.54) is 0 Å². The van der Waals surface area contributed by atoms with E-state index in [0.29, 0.717) is 12.4 Å².